The van der Waals surface area contributed by atoms with E-state index in [0.29, 0.717) is 20.7 Å². The first-order valence-corrected chi connectivity index (χ1v) is 6.61. The van der Waals surface area contributed by atoms with Crippen molar-refractivity contribution in [3.63, 3.8) is 0 Å². The third kappa shape index (κ3) is 2.16. The van der Waals surface area contributed by atoms with Gasteiger partial charge in [-0.2, -0.15) is 0 Å². The molecule has 0 fully saturated rings. The molecule has 0 spiro atoms. The highest BCUT2D eigenvalue weighted by Gasteiger charge is 2.09. The smallest absolute Gasteiger partial charge is 0.203 e. The van der Waals surface area contributed by atoms with Crippen LogP contribution in [-0.4, -0.2) is 24.6 Å². The molecule has 3 aromatic rings. The molecule has 0 aliphatic carbocycles. The number of halogens is 1. The number of hydrogen-bond donors (Lipinski definition) is 1. The van der Waals surface area contributed by atoms with Gasteiger partial charge in [0.2, 0.25) is 5.16 Å². The first-order valence-electron chi connectivity index (χ1n) is 5.00. The molecule has 3 aromatic heterocycles. The topological polar surface area (TPSA) is 82.0 Å². The number of hydrogen-bond acceptors (Lipinski definition) is 6. The molecule has 0 radical (unpaired) electrons. The second-order valence-electron chi connectivity index (χ2n) is 3.41. The molecule has 8 heteroatoms. The van der Waals surface area contributed by atoms with Crippen LogP contribution in [-0.2, 0) is 0 Å². The van der Waals surface area contributed by atoms with Crippen molar-refractivity contribution in [2.75, 3.05) is 5.73 Å². The molecule has 3 heterocycles. The van der Waals surface area contributed by atoms with Gasteiger partial charge in [-0.25, -0.2) is 9.97 Å². The maximum absolute atomic E-state index is 5.66. The Morgan fingerprint density at radius 3 is 2.94 bits per heavy atom. The Kier molecular flexibility index (Phi) is 2.88. The highest BCUT2D eigenvalue weighted by Crippen LogP contribution is 2.25. The van der Waals surface area contributed by atoms with Crippen LogP contribution in [0.3, 0.4) is 0 Å². The molecule has 18 heavy (non-hydrogen) atoms. The molecule has 0 aliphatic heterocycles. The van der Waals surface area contributed by atoms with Crippen molar-refractivity contribution in [3.8, 4) is 0 Å². The fraction of sp³-hybridized carbons (Fsp3) is 0. The van der Waals surface area contributed by atoms with Gasteiger partial charge in [0.25, 0.3) is 0 Å². The van der Waals surface area contributed by atoms with Gasteiger partial charge in [-0.05, 0) is 39.8 Å². The number of nitrogens with two attached hydrogens (primary N) is 1. The molecular formula is C10H7BrN6S. The van der Waals surface area contributed by atoms with Crippen LogP contribution in [0.15, 0.2) is 45.4 Å². The third-order valence-corrected chi connectivity index (χ3v) is 3.39. The minimum absolute atomic E-state index is 0.410. The standard InChI is InChI=1S/C10H7BrN6S/c11-6-5-7(12)14-9(13-6)18-10-16-15-8-3-1-2-4-17(8)10/h1-5H,(H2,12,13,14). The van der Waals surface area contributed by atoms with Crippen molar-refractivity contribution in [2.24, 2.45) is 0 Å². The van der Waals surface area contributed by atoms with Crippen molar-refractivity contribution in [3.05, 3.63) is 35.1 Å². The number of fused-ring (bicyclic) bond motifs is 1. The molecule has 0 bridgehead atoms. The Balaban J connectivity index is 2.01. The van der Waals surface area contributed by atoms with Gasteiger partial charge >= 0.3 is 0 Å². The Morgan fingerprint density at radius 2 is 2.11 bits per heavy atom. The van der Waals surface area contributed by atoms with Crippen molar-refractivity contribution < 1.29 is 0 Å². The maximum atomic E-state index is 5.66. The summed E-state index contributed by atoms with van der Waals surface area (Å²) < 4.78 is 2.51. The molecular weight excluding hydrogens is 316 g/mol. The van der Waals surface area contributed by atoms with E-state index < -0.39 is 0 Å². The molecule has 0 unspecified atom stereocenters. The lowest BCUT2D eigenvalue weighted by Crippen LogP contribution is -1.95. The maximum Gasteiger partial charge on any atom is 0.203 e. The van der Waals surface area contributed by atoms with Crippen LogP contribution in [0, 0.1) is 0 Å². The predicted molar refractivity (Wildman–Crippen MR) is 71.3 cm³/mol. The van der Waals surface area contributed by atoms with Gasteiger partial charge in [-0.1, -0.05) is 6.07 Å². The Bertz CT molecular complexity index is 692. The molecule has 0 amide bonds. The van der Waals surface area contributed by atoms with Crippen LogP contribution in [0.5, 0.6) is 0 Å². The largest absolute Gasteiger partial charge is 0.384 e. The number of anilines is 1. The summed E-state index contributed by atoms with van der Waals surface area (Å²) in [6.07, 6.45) is 1.89. The lowest BCUT2D eigenvalue weighted by atomic mass is 10.5. The summed E-state index contributed by atoms with van der Waals surface area (Å²) in [6.45, 7) is 0. The molecule has 0 saturated heterocycles. The van der Waals surface area contributed by atoms with E-state index in [9.17, 15) is 0 Å². The van der Waals surface area contributed by atoms with Gasteiger partial charge in [-0.15, -0.1) is 10.2 Å². The molecule has 3 rings (SSSR count). The van der Waals surface area contributed by atoms with E-state index in [2.05, 4.69) is 36.1 Å². The molecule has 0 saturated carbocycles. The SMILES string of the molecule is Nc1cc(Br)nc(Sc2nnc3ccccn23)n1. The summed E-state index contributed by atoms with van der Waals surface area (Å²) in [7, 11) is 0. The summed E-state index contributed by atoms with van der Waals surface area (Å²) >= 11 is 4.59. The number of aromatic nitrogens is 5. The zero-order valence-corrected chi connectivity index (χ0v) is 11.4. The molecule has 90 valence electrons. The normalized spacial score (nSPS) is 10.9. The Labute approximate surface area is 115 Å². The minimum Gasteiger partial charge on any atom is -0.384 e. The molecule has 6 nitrogen and oxygen atoms in total. The van der Waals surface area contributed by atoms with Gasteiger partial charge < -0.3 is 5.73 Å². The lowest BCUT2D eigenvalue weighted by molar-refractivity contribution is 0.897. The highest BCUT2D eigenvalue weighted by molar-refractivity contribution is 9.10. The third-order valence-electron chi connectivity index (χ3n) is 2.16. The lowest BCUT2D eigenvalue weighted by Gasteiger charge is -2.00. The highest BCUT2D eigenvalue weighted by atomic mass is 79.9. The van der Waals surface area contributed by atoms with E-state index in [-0.39, 0.29) is 0 Å². The monoisotopic (exact) mass is 322 g/mol. The number of nitrogens with zero attached hydrogens (tertiary/aromatic N) is 5. The minimum atomic E-state index is 0.410. The average molecular weight is 323 g/mol. The number of nitrogen functional groups attached to an aromatic ring is 1. The van der Waals surface area contributed by atoms with Crippen molar-refractivity contribution in [1.82, 2.24) is 24.6 Å². The van der Waals surface area contributed by atoms with Gasteiger partial charge in [0.15, 0.2) is 10.8 Å². The van der Waals surface area contributed by atoms with Crippen molar-refractivity contribution in [2.45, 2.75) is 10.3 Å². The van der Waals surface area contributed by atoms with Gasteiger partial charge in [0.1, 0.15) is 10.4 Å². The molecule has 0 aromatic carbocycles. The van der Waals surface area contributed by atoms with Crippen molar-refractivity contribution >= 4 is 39.2 Å². The van der Waals surface area contributed by atoms with Crippen LogP contribution < -0.4 is 5.73 Å². The van der Waals surface area contributed by atoms with Crippen LogP contribution in [0.25, 0.3) is 5.65 Å². The first kappa shape index (κ1) is 11.4. The summed E-state index contributed by atoms with van der Waals surface area (Å²) in [4.78, 5) is 8.36. The van der Waals surface area contributed by atoms with Crippen LogP contribution in [0.4, 0.5) is 5.82 Å². The van der Waals surface area contributed by atoms with Crippen LogP contribution in [0.2, 0.25) is 0 Å². The van der Waals surface area contributed by atoms with E-state index in [1.165, 1.54) is 11.8 Å². The van der Waals surface area contributed by atoms with Crippen molar-refractivity contribution in [1.29, 1.82) is 0 Å². The second kappa shape index (κ2) is 4.54. The zero-order chi connectivity index (χ0) is 12.5. The second-order valence-corrected chi connectivity index (χ2v) is 5.16. The van der Waals surface area contributed by atoms with Gasteiger partial charge in [-0.3, -0.25) is 4.40 Å². The number of pyridine rings is 1. The summed E-state index contributed by atoms with van der Waals surface area (Å²) in [6, 6.07) is 7.35. The van der Waals surface area contributed by atoms with Gasteiger partial charge in [0.05, 0.1) is 0 Å². The predicted octanol–water partition coefficient (Wildman–Crippen LogP) is 2.02. The molecule has 2 N–H and O–H groups in total. The Hall–Kier alpha value is -1.67. The summed E-state index contributed by atoms with van der Waals surface area (Å²) in [5, 5.41) is 9.37. The Morgan fingerprint density at radius 1 is 1.22 bits per heavy atom. The van der Waals surface area contributed by atoms with Crippen LogP contribution >= 0.6 is 27.7 Å². The average Bonchev–Trinajstić information content (AvgIpc) is 2.72. The van der Waals surface area contributed by atoms with Gasteiger partial charge in [0, 0.05) is 12.3 Å². The fourth-order valence-electron chi connectivity index (χ4n) is 1.43. The van der Waals surface area contributed by atoms with E-state index in [1.807, 2.05) is 28.8 Å². The molecule has 0 aliphatic rings. The summed E-state index contributed by atoms with van der Waals surface area (Å²) in [5.74, 6) is 0.410. The van der Waals surface area contributed by atoms with Crippen LogP contribution in [0.1, 0.15) is 0 Å². The zero-order valence-electron chi connectivity index (χ0n) is 8.99. The van der Waals surface area contributed by atoms with E-state index in [4.69, 9.17) is 5.73 Å². The van der Waals surface area contributed by atoms with E-state index in [1.54, 1.807) is 6.07 Å². The van der Waals surface area contributed by atoms with E-state index in [0.717, 1.165) is 5.65 Å². The first-order chi connectivity index (χ1) is 8.72. The quantitative estimate of drug-likeness (QED) is 0.574. The van der Waals surface area contributed by atoms with E-state index >= 15 is 0 Å². The molecule has 0 atom stereocenters. The summed E-state index contributed by atoms with van der Waals surface area (Å²) in [5.41, 5.74) is 6.44. The fourth-order valence-corrected chi connectivity index (χ4v) is 2.74. The number of rotatable bonds is 2.